The number of methoxy groups -OCH3 is 1. The van der Waals surface area contributed by atoms with Crippen LogP contribution in [0.1, 0.15) is 19.8 Å². The molecule has 3 rings (SSSR count). The molecule has 0 aliphatic carbocycles. The van der Waals surface area contributed by atoms with Crippen molar-refractivity contribution in [2.45, 2.75) is 19.8 Å². The molecule has 5 nitrogen and oxygen atoms in total. The van der Waals surface area contributed by atoms with Gasteiger partial charge in [0, 0.05) is 18.2 Å². The second-order valence-electron chi connectivity index (χ2n) is 5.93. The highest BCUT2D eigenvalue weighted by Gasteiger charge is 2.09. The third-order valence-electron chi connectivity index (χ3n) is 3.96. The number of hydrogen-bond donors (Lipinski definition) is 2. The van der Waals surface area contributed by atoms with Gasteiger partial charge in [0.2, 0.25) is 0 Å². The molecule has 2 aromatic carbocycles. The van der Waals surface area contributed by atoms with Crippen molar-refractivity contribution in [3.8, 4) is 17.1 Å². The summed E-state index contributed by atoms with van der Waals surface area (Å²) in [6.45, 7) is 3.06. The van der Waals surface area contributed by atoms with Crippen LogP contribution in [0.2, 0.25) is 0 Å². The number of nitrogens with one attached hydrogen (secondary N) is 2. The molecule has 0 saturated carbocycles. The van der Waals surface area contributed by atoms with Gasteiger partial charge in [-0.1, -0.05) is 55.8 Å². The third kappa shape index (κ3) is 4.51. The highest BCUT2D eigenvalue weighted by Crippen LogP contribution is 2.28. The number of anilines is 3. The summed E-state index contributed by atoms with van der Waals surface area (Å²) in [5.74, 6) is 2.99. The second-order valence-corrected chi connectivity index (χ2v) is 5.93. The molecule has 0 aliphatic rings. The third-order valence-corrected chi connectivity index (χ3v) is 3.96. The minimum atomic E-state index is 0.685. The lowest BCUT2D eigenvalue weighted by Crippen LogP contribution is -2.06. The molecule has 0 spiro atoms. The maximum Gasteiger partial charge on any atom is 0.163 e. The van der Waals surface area contributed by atoms with E-state index in [9.17, 15) is 0 Å². The largest absolute Gasteiger partial charge is 0.495 e. The molecule has 2 N–H and O–H groups in total. The van der Waals surface area contributed by atoms with E-state index >= 15 is 0 Å². The summed E-state index contributed by atoms with van der Waals surface area (Å²) in [5, 5.41) is 6.74. The molecule has 0 atom stereocenters. The lowest BCUT2D eigenvalue weighted by Gasteiger charge is -2.13. The van der Waals surface area contributed by atoms with Gasteiger partial charge in [-0.05, 0) is 18.6 Å². The minimum Gasteiger partial charge on any atom is -0.495 e. The fraction of sp³-hybridized carbons (Fsp3) is 0.238. The molecule has 5 heteroatoms. The molecule has 0 bridgehead atoms. The van der Waals surface area contributed by atoms with Gasteiger partial charge >= 0.3 is 0 Å². The van der Waals surface area contributed by atoms with Crippen LogP contribution in [0.15, 0.2) is 60.7 Å². The average Bonchev–Trinajstić information content (AvgIpc) is 2.69. The minimum absolute atomic E-state index is 0.685. The zero-order chi connectivity index (χ0) is 18.2. The molecule has 0 amide bonds. The number of ether oxygens (including phenoxy) is 1. The summed E-state index contributed by atoms with van der Waals surface area (Å²) < 4.78 is 5.42. The lowest BCUT2D eigenvalue weighted by atomic mass is 10.2. The SMILES string of the molecule is CCCCNc1cc(Nc2ccccc2OC)nc(-c2ccccc2)n1. The summed E-state index contributed by atoms with van der Waals surface area (Å²) in [7, 11) is 1.66. The molecule has 0 aliphatic heterocycles. The number of aromatic nitrogens is 2. The van der Waals surface area contributed by atoms with E-state index in [0.717, 1.165) is 48.0 Å². The van der Waals surface area contributed by atoms with E-state index in [-0.39, 0.29) is 0 Å². The fourth-order valence-electron chi connectivity index (χ4n) is 2.60. The van der Waals surface area contributed by atoms with E-state index in [1.54, 1.807) is 7.11 Å². The van der Waals surface area contributed by atoms with Crippen molar-refractivity contribution in [3.05, 3.63) is 60.7 Å². The first-order valence-corrected chi connectivity index (χ1v) is 8.88. The highest BCUT2D eigenvalue weighted by atomic mass is 16.5. The number of benzene rings is 2. The molecular formula is C21H24N4O. The molecule has 1 heterocycles. The Labute approximate surface area is 154 Å². The molecular weight excluding hydrogens is 324 g/mol. The first-order chi connectivity index (χ1) is 12.8. The van der Waals surface area contributed by atoms with Gasteiger partial charge in [0.25, 0.3) is 0 Å². The Kier molecular flexibility index (Phi) is 6.04. The maximum absolute atomic E-state index is 5.42. The van der Waals surface area contributed by atoms with Gasteiger partial charge in [-0.25, -0.2) is 9.97 Å². The average molecular weight is 348 g/mol. The quantitative estimate of drug-likeness (QED) is 0.554. The summed E-state index contributed by atoms with van der Waals surface area (Å²) in [4.78, 5) is 9.35. The van der Waals surface area contributed by atoms with Crippen LogP contribution in [-0.4, -0.2) is 23.6 Å². The zero-order valence-electron chi connectivity index (χ0n) is 15.2. The van der Waals surface area contributed by atoms with E-state index in [1.807, 2.05) is 60.7 Å². The van der Waals surface area contributed by atoms with E-state index in [0.29, 0.717) is 5.82 Å². The predicted octanol–water partition coefficient (Wildman–Crippen LogP) is 5.11. The number of unbranched alkanes of at least 4 members (excludes halogenated alkanes) is 1. The Morgan fingerprint density at radius 1 is 0.923 bits per heavy atom. The molecule has 0 saturated heterocycles. The first-order valence-electron chi connectivity index (χ1n) is 8.88. The van der Waals surface area contributed by atoms with Crippen LogP contribution >= 0.6 is 0 Å². The van der Waals surface area contributed by atoms with E-state index < -0.39 is 0 Å². The van der Waals surface area contributed by atoms with Crippen LogP contribution in [0.4, 0.5) is 17.3 Å². The highest BCUT2D eigenvalue weighted by molar-refractivity contribution is 5.68. The van der Waals surface area contributed by atoms with Gasteiger partial charge in [-0.3, -0.25) is 0 Å². The van der Waals surface area contributed by atoms with Crippen molar-refractivity contribution in [1.82, 2.24) is 9.97 Å². The van der Waals surface area contributed by atoms with Crippen molar-refractivity contribution in [3.63, 3.8) is 0 Å². The standard InChI is InChI=1S/C21H24N4O/c1-3-4-14-22-19-15-20(23-17-12-8-9-13-18(17)26-2)25-21(24-19)16-10-6-5-7-11-16/h5-13,15H,3-4,14H2,1-2H3,(H2,22,23,24,25). The van der Waals surface area contributed by atoms with Crippen LogP contribution < -0.4 is 15.4 Å². The van der Waals surface area contributed by atoms with E-state index in [4.69, 9.17) is 4.74 Å². The van der Waals surface area contributed by atoms with E-state index in [1.165, 1.54) is 0 Å². The Morgan fingerprint density at radius 3 is 2.42 bits per heavy atom. The van der Waals surface area contributed by atoms with Gasteiger partial charge in [-0.2, -0.15) is 0 Å². The molecule has 26 heavy (non-hydrogen) atoms. The van der Waals surface area contributed by atoms with Crippen LogP contribution in [0.5, 0.6) is 5.75 Å². The summed E-state index contributed by atoms with van der Waals surface area (Å²) in [6, 6.07) is 19.7. The molecule has 134 valence electrons. The predicted molar refractivity (Wildman–Crippen MR) is 107 cm³/mol. The molecule has 0 unspecified atom stereocenters. The zero-order valence-corrected chi connectivity index (χ0v) is 15.2. The molecule has 1 aromatic heterocycles. The number of para-hydroxylation sites is 2. The fourth-order valence-corrected chi connectivity index (χ4v) is 2.60. The van der Waals surface area contributed by atoms with Crippen LogP contribution in [0.25, 0.3) is 11.4 Å². The van der Waals surface area contributed by atoms with Gasteiger partial charge < -0.3 is 15.4 Å². The molecule has 0 radical (unpaired) electrons. The number of rotatable bonds is 8. The van der Waals surface area contributed by atoms with Crippen molar-refractivity contribution in [2.75, 3.05) is 24.3 Å². The number of nitrogens with zero attached hydrogens (tertiary/aromatic N) is 2. The van der Waals surface area contributed by atoms with Gasteiger partial charge in [-0.15, -0.1) is 0 Å². The molecule has 0 fully saturated rings. The Hall–Kier alpha value is -3.08. The van der Waals surface area contributed by atoms with Crippen LogP contribution in [-0.2, 0) is 0 Å². The van der Waals surface area contributed by atoms with Crippen molar-refractivity contribution < 1.29 is 4.74 Å². The van der Waals surface area contributed by atoms with Crippen molar-refractivity contribution in [2.24, 2.45) is 0 Å². The summed E-state index contributed by atoms with van der Waals surface area (Å²) in [5.41, 5.74) is 1.85. The van der Waals surface area contributed by atoms with Gasteiger partial charge in [0.1, 0.15) is 17.4 Å². The molecule has 3 aromatic rings. The van der Waals surface area contributed by atoms with Crippen LogP contribution in [0.3, 0.4) is 0 Å². The van der Waals surface area contributed by atoms with Crippen LogP contribution in [0, 0.1) is 0 Å². The summed E-state index contributed by atoms with van der Waals surface area (Å²) in [6.07, 6.45) is 2.23. The Balaban J connectivity index is 1.93. The number of hydrogen-bond acceptors (Lipinski definition) is 5. The Morgan fingerprint density at radius 2 is 1.65 bits per heavy atom. The maximum atomic E-state index is 5.42. The first kappa shape index (κ1) is 17.7. The Bertz CT molecular complexity index is 836. The van der Waals surface area contributed by atoms with Crippen molar-refractivity contribution in [1.29, 1.82) is 0 Å². The topological polar surface area (TPSA) is 59.1 Å². The lowest BCUT2D eigenvalue weighted by molar-refractivity contribution is 0.417. The van der Waals surface area contributed by atoms with E-state index in [2.05, 4.69) is 27.5 Å². The smallest absolute Gasteiger partial charge is 0.163 e. The summed E-state index contributed by atoms with van der Waals surface area (Å²) >= 11 is 0. The van der Waals surface area contributed by atoms with Gasteiger partial charge in [0.05, 0.1) is 12.8 Å². The monoisotopic (exact) mass is 348 g/mol. The van der Waals surface area contributed by atoms with Crippen molar-refractivity contribution >= 4 is 17.3 Å². The normalized spacial score (nSPS) is 10.4. The second kappa shape index (κ2) is 8.85. The van der Waals surface area contributed by atoms with Gasteiger partial charge in [0.15, 0.2) is 5.82 Å².